The molecule has 0 saturated carbocycles. The van der Waals surface area contributed by atoms with Gasteiger partial charge >= 0.3 is 0 Å². The van der Waals surface area contributed by atoms with Gasteiger partial charge in [0.25, 0.3) is 0 Å². The molecule has 0 unspecified atom stereocenters. The summed E-state index contributed by atoms with van der Waals surface area (Å²) in [5.41, 5.74) is 4.02. The third-order valence-electron chi connectivity index (χ3n) is 5.35. The van der Waals surface area contributed by atoms with Gasteiger partial charge < -0.3 is 9.88 Å². The van der Waals surface area contributed by atoms with Crippen molar-refractivity contribution in [3.63, 3.8) is 0 Å². The first-order valence-electron chi connectivity index (χ1n) is 10.7. The maximum atomic E-state index is 10.8. The number of rotatable bonds is 4. The van der Waals surface area contributed by atoms with Gasteiger partial charge in [0.2, 0.25) is 5.91 Å². The molecule has 0 saturated heterocycles. The summed E-state index contributed by atoms with van der Waals surface area (Å²) in [4.78, 5) is 22.2. The van der Waals surface area contributed by atoms with Crippen LogP contribution in [0.4, 0.5) is 5.00 Å². The number of thiophene rings is 1. The second kappa shape index (κ2) is 11.2. The molecule has 34 heavy (non-hydrogen) atoms. The highest BCUT2D eigenvalue weighted by Gasteiger charge is 2.28. The molecule has 0 radical (unpaired) electrons. The van der Waals surface area contributed by atoms with Gasteiger partial charge in [0.1, 0.15) is 16.7 Å². The lowest BCUT2D eigenvalue weighted by Gasteiger charge is -2.21. The highest BCUT2D eigenvalue weighted by Crippen LogP contribution is 2.39. The lowest BCUT2D eigenvalue weighted by Crippen LogP contribution is -2.35. The number of amides is 1. The van der Waals surface area contributed by atoms with E-state index in [1.165, 1.54) is 4.88 Å². The van der Waals surface area contributed by atoms with Gasteiger partial charge in [-0.05, 0) is 38.5 Å². The van der Waals surface area contributed by atoms with Gasteiger partial charge in [0, 0.05) is 53.4 Å². The highest BCUT2D eigenvalue weighted by atomic mass is 35.5. The van der Waals surface area contributed by atoms with Gasteiger partial charge in [-0.25, -0.2) is 4.98 Å². The quantitative estimate of drug-likeness (QED) is 0.360. The van der Waals surface area contributed by atoms with E-state index in [1.807, 2.05) is 35.0 Å². The summed E-state index contributed by atoms with van der Waals surface area (Å²) in [6.07, 6.45) is 5.74. The molecule has 3 heterocycles. The molecule has 1 amide bonds. The smallest absolute Gasteiger partial charge is 0.221 e. The second-order valence-electron chi connectivity index (χ2n) is 7.73. The number of hydrogen-bond acceptors (Lipinski definition) is 6. The zero-order valence-corrected chi connectivity index (χ0v) is 21.2. The molecule has 3 aromatic rings. The fourth-order valence-corrected chi connectivity index (χ4v) is 4.81. The molecule has 0 fully saturated rings. The Morgan fingerprint density at radius 3 is 2.56 bits per heavy atom. The van der Waals surface area contributed by atoms with Gasteiger partial charge in [-0.3, -0.25) is 25.5 Å². The Balaban J connectivity index is 0.000000248. The Hall–Kier alpha value is -3.30. The van der Waals surface area contributed by atoms with Crippen LogP contribution >= 0.6 is 22.9 Å². The van der Waals surface area contributed by atoms with Crippen LogP contribution in [0, 0.1) is 24.7 Å². The number of halogens is 1. The van der Waals surface area contributed by atoms with E-state index < -0.39 is 0 Å². The van der Waals surface area contributed by atoms with E-state index in [0.717, 1.165) is 27.4 Å². The minimum atomic E-state index is 0.0544. The maximum absolute atomic E-state index is 10.8. The first-order chi connectivity index (χ1) is 16.2. The van der Waals surface area contributed by atoms with E-state index in [-0.39, 0.29) is 12.5 Å². The van der Waals surface area contributed by atoms with Crippen molar-refractivity contribution in [3.8, 4) is 0 Å². The molecular formula is C24H28ClN7OS. The lowest BCUT2D eigenvalue weighted by atomic mass is 10.00. The van der Waals surface area contributed by atoms with Crippen LogP contribution in [-0.2, 0) is 11.3 Å². The summed E-state index contributed by atoms with van der Waals surface area (Å²) in [5.74, 6) is 0.715. The largest absolute Gasteiger partial charge is 0.359 e. The Kier molecular flexibility index (Phi) is 8.36. The Labute approximate surface area is 208 Å². The van der Waals surface area contributed by atoms with Crippen molar-refractivity contribution in [2.75, 3.05) is 18.5 Å². The molecule has 0 atom stereocenters. The Morgan fingerprint density at radius 1 is 1.26 bits per heavy atom. The van der Waals surface area contributed by atoms with Gasteiger partial charge in [0.05, 0.1) is 18.6 Å². The standard InChI is InChI=1S/C17H17ClN4S.C7H11N3O/c1-9-10(2)23-17-15(9)16(12-4-6-13(18)7-5-12)21-8-14(20)22(17)11(3)19;1-8-7(11)2-4-10-5-3-9-6-10/h4-7,19-20H,8H2,1-3H3;3,5-6H,2,4H2,1H3,(H,8,11). The van der Waals surface area contributed by atoms with Gasteiger partial charge in [0.15, 0.2) is 0 Å². The third-order valence-corrected chi connectivity index (χ3v) is 6.80. The number of nitrogens with one attached hydrogen (secondary N) is 3. The molecule has 0 aliphatic carbocycles. The van der Waals surface area contributed by atoms with Gasteiger partial charge in [-0.15, -0.1) is 11.3 Å². The number of amidine groups is 2. The van der Waals surface area contributed by atoms with Crippen LogP contribution in [0.1, 0.15) is 34.9 Å². The fourth-order valence-electron chi connectivity index (χ4n) is 3.44. The molecule has 3 N–H and O–H groups in total. The minimum Gasteiger partial charge on any atom is -0.359 e. The number of aromatic nitrogens is 2. The molecule has 1 aliphatic rings. The van der Waals surface area contributed by atoms with Crippen LogP contribution in [0.2, 0.25) is 5.02 Å². The van der Waals surface area contributed by atoms with Crippen molar-refractivity contribution in [1.29, 1.82) is 10.8 Å². The van der Waals surface area contributed by atoms with Crippen molar-refractivity contribution in [2.45, 2.75) is 33.7 Å². The van der Waals surface area contributed by atoms with Gasteiger partial charge in [-0.2, -0.15) is 0 Å². The zero-order chi connectivity index (χ0) is 24.8. The molecule has 4 rings (SSSR count). The molecule has 8 nitrogen and oxygen atoms in total. The number of benzene rings is 1. The highest BCUT2D eigenvalue weighted by molar-refractivity contribution is 7.17. The predicted molar refractivity (Wildman–Crippen MR) is 140 cm³/mol. The number of carbonyl (C=O) groups is 1. The van der Waals surface area contributed by atoms with Gasteiger partial charge in [-0.1, -0.05) is 23.7 Å². The molecule has 178 valence electrons. The van der Waals surface area contributed by atoms with Crippen LogP contribution in [-0.4, -0.2) is 46.4 Å². The van der Waals surface area contributed by atoms with Crippen molar-refractivity contribution in [1.82, 2.24) is 14.9 Å². The van der Waals surface area contributed by atoms with Crippen molar-refractivity contribution < 1.29 is 4.79 Å². The van der Waals surface area contributed by atoms with E-state index in [2.05, 4.69) is 29.1 Å². The summed E-state index contributed by atoms with van der Waals surface area (Å²) in [6.45, 7) is 6.79. The van der Waals surface area contributed by atoms with Crippen LogP contribution in [0.25, 0.3) is 0 Å². The summed E-state index contributed by atoms with van der Waals surface area (Å²) in [5, 5.41) is 20.5. The van der Waals surface area contributed by atoms with E-state index in [1.54, 1.807) is 42.7 Å². The van der Waals surface area contributed by atoms with Crippen LogP contribution < -0.4 is 10.2 Å². The lowest BCUT2D eigenvalue weighted by molar-refractivity contribution is -0.120. The minimum absolute atomic E-state index is 0.0544. The summed E-state index contributed by atoms with van der Waals surface area (Å²) in [6, 6.07) is 7.61. The number of anilines is 1. The third kappa shape index (κ3) is 5.78. The first kappa shape index (κ1) is 25.3. The molecule has 10 heteroatoms. The van der Waals surface area contributed by atoms with Crippen molar-refractivity contribution >= 4 is 51.2 Å². The molecule has 0 spiro atoms. The number of aryl methyl sites for hydroxylation is 2. The second-order valence-corrected chi connectivity index (χ2v) is 9.37. The number of hydrogen-bond donors (Lipinski definition) is 3. The van der Waals surface area contributed by atoms with E-state index in [0.29, 0.717) is 29.7 Å². The maximum Gasteiger partial charge on any atom is 0.221 e. The molecule has 2 aromatic heterocycles. The van der Waals surface area contributed by atoms with Crippen molar-refractivity contribution in [2.24, 2.45) is 4.99 Å². The normalized spacial score (nSPS) is 12.8. The predicted octanol–water partition coefficient (Wildman–Crippen LogP) is 4.67. The van der Waals surface area contributed by atoms with E-state index >= 15 is 0 Å². The van der Waals surface area contributed by atoms with Crippen molar-refractivity contribution in [3.05, 3.63) is 69.6 Å². The number of aliphatic imine (C=N–C) groups is 1. The molecule has 0 bridgehead atoms. The van der Waals surface area contributed by atoms with Crippen LogP contribution in [0.3, 0.4) is 0 Å². The van der Waals surface area contributed by atoms with Crippen LogP contribution in [0.5, 0.6) is 0 Å². The first-order valence-corrected chi connectivity index (χ1v) is 11.9. The topological polar surface area (TPSA) is 110 Å². The Bertz CT molecular complexity index is 1210. The summed E-state index contributed by atoms with van der Waals surface area (Å²) >= 11 is 7.61. The SMILES string of the molecule is CC(=N)N1C(=N)CN=C(c2ccc(Cl)cc2)c2c1sc(C)c2C.CNC(=O)CCn1ccnc1. The summed E-state index contributed by atoms with van der Waals surface area (Å²) in [7, 11) is 1.64. The Morgan fingerprint density at radius 2 is 1.97 bits per heavy atom. The van der Waals surface area contributed by atoms with E-state index in [4.69, 9.17) is 22.4 Å². The summed E-state index contributed by atoms with van der Waals surface area (Å²) < 4.78 is 1.87. The number of nitrogens with zero attached hydrogens (tertiary/aromatic N) is 4. The average molecular weight is 498 g/mol. The molecule has 1 aliphatic heterocycles. The zero-order valence-electron chi connectivity index (χ0n) is 19.6. The molecule has 1 aromatic carbocycles. The van der Waals surface area contributed by atoms with E-state index in [9.17, 15) is 4.79 Å². The number of fused-ring (bicyclic) bond motifs is 1. The number of carbonyl (C=O) groups excluding carboxylic acids is 1. The fraction of sp³-hybridized carbons (Fsp3) is 0.292. The average Bonchev–Trinajstić information content (AvgIpc) is 3.39. The number of imidazole rings is 1. The van der Waals surface area contributed by atoms with Crippen LogP contribution in [0.15, 0.2) is 48.0 Å². The molecular weight excluding hydrogens is 470 g/mol. The monoisotopic (exact) mass is 497 g/mol.